The van der Waals surface area contributed by atoms with Gasteiger partial charge in [-0.15, -0.1) is 11.3 Å². The van der Waals surface area contributed by atoms with E-state index in [1.165, 1.54) is 11.3 Å². The van der Waals surface area contributed by atoms with Crippen molar-refractivity contribution in [3.05, 3.63) is 16.1 Å². The van der Waals surface area contributed by atoms with Gasteiger partial charge in [-0.1, -0.05) is 0 Å². The highest BCUT2D eigenvalue weighted by atomic mass is 32.1. The summed E-state index contributed by atoms with van der Waals surface area (Å²) in [6.45, 7) is 3.62. The van der Waals surface area contributed by atoms with Gasteiger partial charge < -0.3 is 14.8 Å². The van der Waals surface area contributed by atoms with E-state index >= 15 is 0 Å². The number of hydrogen-bond acceptors (Lipinski definition) is 5. The third-order valence-electron chi connectivity index (χ3n) is 2.76. The number of carbonyl (C=O) groups is 1. The summed E-state index contributed by atoms with van der Waals surface area (Å²) in [7, 11) is 1.59. The fourth-order valence-electron chi connectivity index (χ4n) is 1.79. The molecule has 0 radical (unpaired) electrons. The highest BCUT2D eigenvalue weighted by molar-refractivity contribution is 7.11. The zero-order valence-corrected chi connectivity index (χ0v) is 10.8. The maximum atomic E-state index is 12.1. The lowest BCUT2D eigenvalue weighted by Crippen LogP contribution is -2.46. The fourth-order valence-corrected chi connectivity index (χ4v) is 2.48. The fraction of sp³-hybridized carbons (Fsp3) is 0.636. The number of aromatic nitrogens is 1. The van der Waals surface area contributed by atoms with E-state index in [4.69, 9.17) is 9.47 Å². The monoisotopic (exact) mass is 256 g/mol. The van der Waals surface area contributed by atoms with Crippen LogP contribution in [-0.4, -0.2) is 36.8 Å². The van der Waals surface area contributed by atoms with Crippen LogP contribution in [0.4, 0.5) is 0 Å². The quantitative estimate of drug-likeness (QED) is 0.879. The van der Waals surface area contributed by atoms with Crippen molar-refractivity contribution in [3.8, 4) is 0 Å². The zero-order valence-electron chi connectivity index (χ0n) is 9.99. The number of ether oxygens (including phenoxy) is 2. The first-order chi connectivity index (χ1) is 8.14. The van der Waals surface area contributed by atoms with Crippen LogP contribution in [0.3, 0.4) is 0 Å². The third kappa shape index (κ3) is 2.83. The molecule has 0 spiro atoms. The zero-order chi connectivity index (χ0) is 12.3. The molecule has 1 atom stereocenters. The summed E-state index contributed by atoms with van der Waals surface area (Å²) in [5.41, 5.74) is 2.10. The Balaban J connectivity index is 2.06. The average molecular weight is 256 g/mol. The summed E-state index contributed by atoms with van der Waals surface area (Å²) in [6.07, 6.45) is 0.844. The predicted octanol–water partition coefficient (Wildman–Crippen LogP) is 1.20. The maximum Gasteiger partial charge on any atom is 0.263 e. The molecule has 0 bridgehead atoms. The highest BCUT2D eigenvalue weighted by Crippen LogP contribution is 2.20. The first-order valence-electron chi connectivity index (χ1n) is 5.46. The van der Waals surface area contributed by atoms with E-state index in [-0.39, 0.29) is 11.4 Å². The van der Waals surface area contributed by atoms with Crippen LogP contribution in [0.2, 0.25) is 0 Å². The number of nitrogens with zero attached hydrogens (tertiary/aromatic N) is 1. The number of methoxy groups -OCH3 is 1. The molecule has 1 N–H and O–H groups in total. The molecule has 5 nitrogen and oxygen atoms in total. The molecule has 2 rings (SSSR count). The van der Waals surface area contributed by atoms with Crippen LogP contribution >= 0.6 is 11.3 Å². The summed E-state index contributed by atoms with van der Waals surface area (Å²) in [5, 5.41) is 3.01. The van der Waals surface area contributed by atoms with E-state index in [0.29, 0.717) is 30.4 Å². The van der Waals surface area contributed by atoms with Gasteiger partial charge in [0, 0.05) is 13.7 Å². The molecule has 1 aliphatic rings. The molecule has 0 aromatic carbocycles. The molecule has 94 valence electrons. The second kappa shape index (κ2) is 5.12. The van der Waals surface area contributed by atoms with Gasteiger partial charge in [-0.3, -0.25) is 4.79 Å². The van der Waals surface area contributed by atoms with Gasteiger partial charge in [0.2, 0.25) is 0 Å². The smallest absolute Gasteiger partial charge is 0.263 e. The first kappa shape index (κ1) is 12.5. The highest BCUT2D eigenvalue weighted by Gasteiger charge is 2.32. The van der Waals surface area contributed by atoms with Crippen molar-refractivity contribution in [2.45, 2.75) is 25.5 Å². The Hall–Kier alpha value is -0.980. The van der Waals surface area contributed by atoms with Gasteiger partial charge in [-0.05, 0) is 13.3 Å². The molecule has 1 aliphatic heterocycles. The second-order valence-electron chi connectivity index (χ2n) is 4.38. The minimum atomic E-state index is -0.259. The van der Waals surface area contributed by atoms with E-state index in [1.807, 2.05) is 6.92 Å². The number of rotatable bonds is 4. The van der Waals surface area contributed by atoms with Crippen LogP contribution in [0.25, 0.3) is 0 Å². The Kier molecular flexibility index (Phi) is 3.76. The molecule has 1 aromatic heterocycles. The summed E-state index contributed by atoms with van der Waals surface area (Å²) >= 11 is 1.34. The molecule has 0 aliphatic carbocycles. The minimum absolute atomic E-state index is 0.0902. The Labute approximate surface area is 104 Å². The van der Waals surface area contributed by atoms with Crippen molar-refractivity contribution < 1.29 is 14.3 Å². The molecule has 6 heteroatoms. The molecule has 1 amide bonds. The summed E-state index contributed by atoms with van der Waals surface area (Å²) in [4.78, 5) is 16.9. The average Bonchev–Trinajstić information content (AvgIpc) is 2.88. The minimum Gasteiger partial charge on any atom is -0.379 e. The molecule has 2 heterocycles. The molecular formula is C11H16N2O3S. The third-order valence-corrected chi connectivity index (χ3v) is 3.63. The van der Waals surface area contributed by atoms with Gasteiger partial charge in [-0.2, -0.15) is 0 Å². The van der Waals surface area contributed by atoms with Crippen LogP contribution in [0.15, 0.2) is 5.51 Å². The molecular weight excluding hydrogens is 240 g/mol. The van der Waals surface area contributed by atoms with Gasteiger partial charge in [0.05, 0.1) is 30.0 Å². The molecule has 1 unspecified atom stereocenters. The topological polar surface area (TPSA) is 60.5 Å². The molecule has 0 saturated carbocycles. The standard InChI is InChI=1S/C11H16N2O3S/c1-11(3-4-16-6-11)13-10(14)9-8(5-15-2)12-7-17-9/h7H,3-6H2,1-2H3,(H,13,14). The second-order valence-corrected chi connectivity index (χ2v) is 5.23. The van der Waals surface area contributed by atoms with Crippen molar-refractivity contribution in [1.29, 1.82) is 0 Å². The number of carbonyl (C=O) groups excluding carboxylic acids is 1. The maximum absolute atomic E-state index is 12.1. The van der Waals surface area contributed by atoms with Crippen molar-refractivity contribution in [1.82, 2.24) is 10.3 Å². The summed E-state index contributed by atoms with van der Waals surface area (Å²) < 4.78 is 10.3. The number of nitrogens with one attached hydrogen (secondary N) is 1. The molecule has 17 heavy (non-hydrogen) atoms. The lowest BCUT2D eigenvalue weighted by molar-refractivity contribution is 0.0889. The van der Waals surface area contributed by atoms with Crippen molar-refractivity contribution >= 4 is 17.2 Å². The predicted molar refractivity (Wildman–Crippen MR) is 64.1 cm³/mol. The Morgan fingerprint density at radius 1 is 1.76 bits per heavy atom. The molecule has 1 aromatic rings. The van der Waals surface area contributed by atoms with E-state index in [1.54, 1.807) is 12.6 Å². The Morgan fingerprint density at radius 2 is 2.59 bits per heavy atom. The van der Waals surface area contributed by atoms with E-state index < -0.39 is 0 Å². The van der Waals surface area contributed by atoms with E-state index in [0.717, 1.165) is 6.42 Å². The Morgan fingerprint density at radius 3 is 3.24 bits per heavy atom. The normalized spacial score (nSPS) is 23.9. The van der Waals surface area contributed by atoms with Gasteiger partial charge in [0.1, 0.15) is 4.88 Å². The van der Waals surface area contributed by atoms with Crippen molar-refractivity contribution in [2.24, 2.45) is 0 Å². The largest absolute Gasteiger partial charge is 0.379 e. The van der Waals surface area contributed by atoms with Crippen LogP contribution in [0.5, 0.6) is 0 Å². The Bertz CT molecular complexity index is 399. The van der Waals surface area contributed by atoms with Gasteiger partial charge in [0.25, 0.3) is 5.91 Å². The van der Waals surface area contributed by atoms with Crippen LogP contribution in [0.1, 0.15) is 28.7 Å². The number of hydrogen-bond donors (Lipinski definition) is 1. The SMILES string of the molecule is COCc1ncsc1C(=O)NC1(C)CCOC1. The number of thiazole rings is 1. The molecule has 1 saturated heterocycles. The van der Waals surface area contributed by atoms with Gasteiger partial charge in [0.15, 0.2) is 0 Å². The van der Waals surface area contributed by atoms with Crippen LogP contribution in [-0.2, 0) is 16.1 Å². The van der Waals surface area contributed by atoms with Gasteiger partial charge >= 0.3 is 0 Å². The summed E-state index contributed by atoms with van der Waals surface area (Å²) in [5.74, 6) is -0.0902. The first-order valence-corrected chi connectivity index (χ1v) is 6.34. The van der Waals surface area contributed by atoms with E-state index in [9.17, 15) is 4.79 Å². The molecule has 1 fully saturated rings. The van der Waals surface area contributed by atoms with Crippen molar-refractivity contribution in [3.63, 3.8) is 0 Å². The summed E-state index contributed by atoms with van der Waals surface area (Å²) in [6, 6.07) is 0. The lowest BCUT2D eigenvalue weighted by Gasteiger charge is -2.23. The van der Waals surface area contributed by atoms with Gasteiger partial charge in [-0.25, -0.2) is 4.98 Å². The van der Waals surface area contributed by atoms with Crippen LogP contribution in [0, 0.1) is 0 Å². The van der Waals surface area contributed by atoms with Crippen LogP contribution < -0.4 is 5.32 Å². The number of amides is 1. The van der Waals surface area contributed by atoms with Crippen molar-refractivity contribution in [2.75, 3.05) is 20.3 Å². The van der Waals surface area contributed by atoms with E-state index in [2.05, 4.69) is 10.3 Å². The lowest BCUT2D eigenvalue weighted by atomic mass is 10.0.